The standard InChI is InChI=1S/C16H18O/c1-16(2)12-8-13(16)15(17)14-10-6-4-3-5-9(10)7-11(12)14/h3-6,12-13,15,17H,7-8H2,1-2H3/t12-,13+,15?/m0/s1. The molecule has 1 unspecified atom stereocenters. The number of hydrogen-bond donors (Lipinski definition) is 1. The highest BCUT2D eigenvalue weighted by molar-refractivity contribution is 5.81. The van der Waals surface area contributed by atoms with E-state index < -0.39 is 0 Å². The van der Waals surface area contributed by atoms with Crippen LogP contribution in [0.1, 0.15) is 31.4 Å². The highest BCUT2D eigenvalue weighted by Gasteiger charge is 2.58. The maximum atomic E-state index is 10.6. The summed E-state index contributed by atoms with van der Waals surface area (Å²) in [6, 6.07) is 8.59. The van der Waals surface area contributed by atoms with E-state index in [0.29, 0.717) is 17.3 Å². The second-order valence-electron chi connectivity index (χ2n) is 6.43. The zero-order valence-corrected chi connectivity index (χ0v) is 10.4. The first-order chi connectivity index (χ1) is 8.10. The van der Waals surface area contributed by atoms with Crippen LogP contribution in [0.2, 0.25) is 0 Å². The Bertz CT molecular complexity index is 538. The van der Waals surface area contributed by atoms with E-state index in [0.717, 1.165) is 6.42 Å². The third-order valence-electron chi connectivity index (χ3n) is 5.48. The van der Waals surface area contributed by atoms with E-state index in [1.54, 1.807) is 0 Å². The molecule has 1 saturated carbocycles. The number of fused-ring (bicyclic) bond motifs is 1. The van der Waals surface area contributed by atoms with Crippen molar-refractivity contribution >= 4 is 5.57 Å². The Morgan fingerprint density at radius 1 is 1.24 bits per heavy atom. The molecule has 0 aliphatic heterocycles. The molecule has 0 radical (unpaired) electrons. The van der Waals surface area contributed by atoms with Gasteiger partial charge in [-0.2, -0.15) is 0 Å². The molecule has 5 rings (SSSR count). The maximum Gasteiger partial charge on any atom is 0.0829 e. The molecule has 0 amide bonds. The Kier molecular flexibility index (Phi) is 1.65. The summed E-state index contributed by atoms with van der Waals surface area (Å²) in [6.07, 6.45) is 2.04. The number of rotatable bonds is 0. The lowest BCUT2D eigenvalue weighted by Crippen LogP contribution is -2.55. The summed E-state index contributed by atoms with van der Waals surface area (Å²) in [7, 11) is 0. The monoisotopic (exact) mass is 226 g/mol. The van der Waals surface area contributed by atoms with Crippen LogP contribution in [0.5, 0.6) is 0 Å². The van der Waals surface area contributed by atoms with E-state index >= 15 is 0 Å². The minimum Gasteiger partial charge on any atom is -0.388 e. The minimum absolute atomic E-state index is 0.228. The van der Waals surface area contributed by atoms with Gasteiger partial charge in [-0.15, -0.1) is 0 Å². The molecular weight excluding hydrogens is 208 g/mol. The molecule has 0 saturated heterocycles. The predicted octanol–water partition coefficient (Wildman–Crippen LogP) is 3.03. The van der Waals surface area contributed by atoms with Gasteiger partial charge in [-0.25, -0.2) is 0 Å². The van der Waals surface area contributed by atoms with E-state index in [1.165, 1.54) is 28.7 Å². The summed E-state index contributed by atoms with van der Waals surface area (Å²) < 4.78 is 0. The zero-order valence-electron chi connectivity index (χ0n) is 10.4. The van der Waals surface area contributed by atoms with Crippen molar-refractivity contribution in [1.29, 1.82) is 0 Å². The van der Waals surface area contributed by atoms with Gasteiger partial charge in [0.1, 0.15) is 0 Å². The van der Waals surface area contributed by atoms with Gasteiger partial charge in [0.05, 0.1) is 6.10 Å². The van der Waals surface area contributed by atoms with Crippen molar-refractivity contribution in [2.45, 2.75) is 32.8 Å². The number of allylic oxidation sites excluding steroid dienone is 1. The predicted molar refractivity (Wildman–Crippen MR) is 68.5 cm³/mol. The molecule has 88 valence electrons. The Morgan fingerprint density at radius 3 is 2.76 bits per heavy atom. The van der Waals surface area contributed by atoms with Crippen molar-refractivity contribution in [3.8, 4) is 0 Å². The van der Waals surface area contributed by atoms with Crippen molar-refractivity contribution in [3.05, 3.63) is 41.0 Å². The van der Waals surface area contributed by atoms with E-state index in [9.17, 15) is 5.11 Å². The van der Waals surface area contributed by atoms with E-state index in [-0.39, 0.29) is 6.10 Å². The van der Waals surface area contributed by atoms with Crippen LogP contribution in [0.25, 0.3) is 5.57 Å². The zero-order chi connectivity index (χ0) is 11.8. The molecule has 2 bridgehead atoms. The largest absolute Gasteiger partial charge is 0.388 e. The maximum absolute atomic E-state index is 10.6. The fourth-order valence-corrected chi connectivity index (χ4v) is 4.36. The fourth-order valence-electron chi connectivity index (χ4n) is 4.36. The Balaban J connectivity index is 1.90. The topological polar surface area (TPSA) is 20.2 Å². The first-order valence-electron chi connectivity index (χ1n) is 6.60. The fraction of sp³-hybridized carbons (Fsp3) is 0.500. The smallest absolute Gasteiger partial charge is 0.0829 e. The van der Waals surface area contributed by atoms with Gasteiger partial charge in [0, 0.05) is 0 Å². The average Bonchev–Trinajstić information content (AvgIpc) is 2.67. The molecule has 0 spiro atoms. The molecule has 1 aromatic rings. The van der Waals surface area contributed by atoms with Crippen molar-refractivity contribution in [1.82, 2.24) is 0 Å². The Labute approximate surface area is 102 Å². The van der Waals surface area contributed by atoms with E-state index in [2.05, 4.69) is 38.1 Å². The van der Waals surface area contributed by atoms with Crippen LogP contribution in [-0.4, -0.2) is 11.2 Å². The van der Waals surface area contributed by atoms with E-state index in [1.807, 2.05) is 0 Å². The third kappa shape index (κ3) is 0.999. The van der Waals surface area contributed by atoms with Gasteiger partial charge in [0.15, 0.2) is 0 Å². The molecule has 0 heterocycles. The number of benzene rings is 1. The van der Waals surface area contributed by atoms with Crippen molar-refractivity contribution in [2.24, 2.45) is 17.3 Å². The van der Waals surface area contributed by atoms with Gasteiger partial charge < -0.3 is 5.11 Å². The molecule has 3 atom stereocenters. The van der Waals surface area contributed by atoms with Crippen molar-refractivity contribution < 1.29 is 5.11 Å². The van der Waals surface area contributed by atoms with Crippen LogP contribution in [0.15, 0.2) is 29.8 Å². The third-order valence-corrected chi connectivity index (χ3v) is 5.48. The number of hydrogen-bond acceptors (Lipinski definition) is 1. The van der Waals surface area contributed by atoms with E-state index in [4.69, 9.17) is 0 Å². The molecule has 4 aliphatic carbocycles. The summed E-state index contributed by atoms with van der Waals surface area (Å²) in [6.45, 7) is 4.64. The summed E-state index contributed by atoms with van der Waals surface area (Å²) in [5.41, 5.74) is 5.85. The van der Waals surface area contributed by atoms with Crippen LogP contribution >= 0.6 is 0 Å². The summed E-state index contributed by atoms with van der Waals surface area (Å²) in [5.74, 6) is 1.18. The molecule has 4 aliphatic rings. The van der Waals surface area contributed by atoms with Gasteiger partial charge in [0.25, 0.3) is 0 Å². The molecule has 1 heteroatoms. The first-order valence-corrected chi connectivity index (χ1v) is 6.60. The lowest BCUT2D eigenvalue weighted by Gasteiger charge is -2.59. The molecule has 0 aromatic heterocycles. The molecular formula is C16H18O. The molecule has 17 heavy (non-hydrogen) atoms. The Hall–Kier alpha value is -1.08. The second-order valence-corrected chi connectivity index (χ2v) is 6.43. The first kappa shape index (κ1) is 9.90. The minimum atomic E-state index is -0.228. The lowest BCUT2D eigenvalue weighted by atomic mass is 9.46. The number of aliphatic hydroxyl groups excluding tert-OH is 1. The van der Waals surface area contributed by atoms with Gasteiger partial charge in [-0.3, -0.25) is 0 Å². The van der Waals surface area contributed by atoms with Gasteiger partial charge in [0.2, 0.25) is 0 Å². The second kappa shape index (κ2) is 2.84. The Morgan fingerprint density at radius 2 is 2.00 bits per heavy atom. The summed E-state index contributed by atoms with van der Waals surface area (Å²) >= 11 is 0. The van der Waals surface area contributed by atoms with Crippen molar-refractivity contribution in [3.63, 3.8) is 0 Å². The van der Waals surface area contributed by atoms with Crippen LogP contribution in [0.4, 0.5) is 0 Å². The van der Waals surface area contributed by atoms with Crippen LogP contribution in [0.3, 0.4) is 0 Å². The molecule has 1 nitrogen and oxygen atoms in total. The summed E-state index contributed by atoms with van der Waals surface area (Å²) in [5, 5.41) is 10.6. The van der Waals surface area contributed by atoms with Crippen molar-refractivity contribution in [2.75, 3.05) is 0 Å². The number of aliphatic hydroxyl groups is 1. The van der Waals surface area contributed by atoms with Gasteiger partial charge in [-0.1, -0.05) is 43.7 Å². The molecule has 1 N–H and O–H groups in total. The summed E-state index contributed by atoms with van der Waals surface area (Å²) in [4.78, 5) is 0. The van der Waals surface area contributed by atoms with Crippen LogP contribution < -0.4 is 0 Å². The highest BCUT2D eigenvalue weighted by atomic mass is 16.3. The van der Waals surface area contributed by atoms with Crippen LogP contribution in [0, 0.1) is 17.3 Å². The molecule has 1 fully saturated rings. The quantitative estimate of drug-likeness (QED) is 0.721. The average molecular weight is 226 g/mol. The SMILES string of the molecule is CC1(C)[C@@H]2C[C@H]1C1=C(c3ccccc3C1)C2O. The van der Waals surface area contributed by atoms with Gasteiger partial charge in [-0.05, 0) is 46.8 Å². The normalized spacial score (nSPS) is 36.3. The lowest BCUT2D eigenvalue weighted by molar-refractivity contribution is -0.0702. The van der Waals surface area contributed by atoms with Crippen LogP contribution in [-0.2, 0) is 6.42 Å². The highest BCUT2D eigenvalue weighted by Crippen LogP contribution is 2.64. The van der Waals surface area contributed by atoms with Gasteiger partial charge >= 0.3 is 0 Å². The molecule has 1 aromatic carbocycles.